The van der Waals surface area contributed by atoms with Crippen LogP contribution in [-0.4, -0.2) is 18.2 Å². The number of pyridine rings is 1. The molecule has 0 bridgehead atoms. The van der Waals surface area contributed by atoms with Crippen LogP contribution in [0.15, 0.2) is 36.9 Å². The second-order valence-corrected chi connectivity index (χ2v) is 6.27. The van der Waals surface area contributed by atoms with Gasteiger partial charge in [-0.05, 0) is 35.6 Å². The molecule has 2 nitrogen and oxygen atoms in total. The van der Waals surface area contributed by atoms with E-state index in [-0.39, 0.29) is 5.41 Å². The molecule has 1 aliphatic heterocycles. The zero-order valence-electron chi connectivity index (χ0n) is 12.2. The van der Waals surface area contributed by atoms with Crippen LogP contribution in [0.25, 0.3) is 17.0 Å². The molecular formula is C18H21NO. The summed E-state index contributed by atoms with van der Waals surface area (Å²) in [6.07, 6.45) is 2.92. The third-order valence-electron chi connectivity index (χ3n) is 4.30. The summed E-state index contributed by atoms with van der Waals surface area (Å²) in [6.45, 7) is 10.00. The number of hydrogen-bond donors (Lipinski definition) is 0. The van der Waals surface area contributed by atoms with E-state index in [0.29, 0.717) is 5.92 Å². The summed E-state index contributed by atoms with van der Waals surface area (Å²) >= 11 is 0. The Hall–Kier alpha value is -1.67. The average Bonchev–Trinajstić information content (AvgIpc) is 2.45. The van der Waals surface area contributed by atoms with Crippen LogP contribution in [0.2, 0.25) is 0 Å². The largest absolute Gasteiger partial charge is 0.381 e. The fourth-order valence-corrected chi connectivity index (χ4v) is 3.06. The zero-order chi connectivity index (χ0) is 14.2. The van der Waals surface area contributed by atoms with Crippen LogP contribution in [0.4, 0.5) is 0 Å². The fourth-order valence-electron chi connectivity index (χ4n) is 3.06. The van der Waals surface area contributed by atoms with Crippen molar-refractivity contribution in [1.82, 2.24) is 4.98 Å². The van der Waals surface area contributed by atoms with E-state index in [4.69, 9.17) is 9.72 Å². The molecule has 0 aliphatic carbocycles. The molecule has 1 saturated heterocycles. The molecule has 1 unspecified atom stereocenters. The Kier molecular flexibility index (Phi) is 3.35. The van der Waals surface area contributed by atoms with E-state index in [9.17, 15) is 0 Å². The van der Waals surface area contributed by atoms with Crippen molar-refractivity contribution < 1.29 is 4.74 Å². The summed E-state index contributed by atoms with van der Waals surface area (Å²) in [7, 11) is 0. The molecule has 1 atom stereocenters. The lowest BCUT2D eigenvalue weighted by atomic mass is 9.74. The van der Waals surface area contributed by atoms with Crippen LogP contribution < -0.4 is 0 Å². The SMILES string of the molecule is C=Cc1ccc2nc(C3CCOCC3(C)C)ccc2c1. The van der Waals surface area contributed by atoms with E-state index in [0.717, 1.165) is 30.7 Å². The highest BCUT2D eigenvalue weighted by atomic mass is 16.5. The van der Waals surface area contributed by atoms with Crippen molar-refractivity contribution in [2.45, 2.75) is 26.2 Å². The molecule has 0 spiro atoms. The van der Waals surface area contributed by atoms with Crippen LogP contribution in [0, 0.1) is 5.41 Å². The van der Waals surface area contributed by atoms with E-state index in [1.807, 2.05) is 6.08 Å². The highest BCUT2D eigenvalue weighted by Gasteiger charge is 2.35. The molecule has 2 heteroatoms. The van der Waals surface area contributed by atoms with Gasteiger partial charge in [0.1, 0.15) is 0 Å². The minimum Gasteiger partial charge on any atom is -0.381 e. The summed E-state index contributed by atoms with van der Waals surface area (Å²) in [6, 6.07) is 10.6. The number of ether oxygens (including phenoxy) is 1. The molecular weight excluding hydrogens is 246 g/mol. The first-order valence-corrected chi connectivity index (χ1v) is 7.21. The van der Waals surface area contributed by atoms with Gasteiger partial charge in [0.25, 0.3) is 0 Å². The third-order valence-corrected chi connectivity index (χ3v) is 4.30. The summed E-state index contributed by atoms with van der Waals surface area (Å²) < 4.78 is 5.62. The first-order valence-electron chi connectivity index (χ1n) is 7.21. The predicted octanol–water partition coefficient (Wildman–Crippen LogP) is 4.41. The Morgan fingerprint density at radius 2 is 2.15 bits per heavy atom. The van der Waals surface area contributed by atoms with Gasteiger partial charge in [0.15, 0.2) is 0 Å². The molecule has 1 aliphatic rings. The van der Waals surface area contributed by atoms with Gasteiger partial charge >= 0.3 is 0 Å². The Balaban J connectivity index is 2.02. The minimum atomic E-state index is 0.153. The molecule has 104 valence electrons. The van der Waals surface area contributed by atoms with Gasteiger partial charge in [0.2, 0.25) is 0 Å². The van der Waals surface area contributed by atoms with Crippen LogP contribution in [0.5, 0.6) is 0 Å². The smallest absolute Gasteiger partial charge is 0.0705 e. The van der Waals surface area contributed by atoms with Gasteiger partial charge in [0.05, 0.1) is 12.1 Å². The van der Waals surface area contributed by atoms with E-state index in [1.54, 1.807) is 0 Å². The zero-order valence-corrected chi connectivity index (χ0v) is 12.2. The van der Waals surface area contributed by atoms with E-state index in [1.165, 1.54) is 11.1 Å². The molecule has 3 rings (SSSR count). The lowest BCUT2D eigenvalue weighted by Crippen LogP contribution is -2.34. The van der Waals surface area contributed by atoms with Crippen molar-refractivity contribution >= 4 is 17.0 Å². The maximum Gasteiger partial charge on any atom is 0.0705 e. The molecule has 1 aromatic carbocycles. The Morgan fingerprint density at radius 3 is 2.90 bits per heavy atom. The molecule has 2 aromatic rings. The average molecular weight is 267 g/mol. The number of benzene rings is 1. The second-order valence-electron chi connectivity index (χ2n) is 6.27. The second kappa shape index (κ2) is 5.02. The number of nitrogens with zero attached hydrogens (tertiary/aromatic N) is 1. The first kappa shape index (κ1) is 13.3. The predicted molar refractivity (Wildman–Crippen MR) is 83.8 cm³/mol. The molecule has 0 amide bonds. The maximum atomic E-state index is 5.62. The van der Waals surface area contributed by atoms with Crippen molar-refractivity contribution in [3.05, 3.63) is 48.2 Å². The van der Waals surface area contributed by atoms with Gasteiger partial charge in [-0.2, -0.15) is 0 Å². The molecule has 0 N–H and O–H groups in total. The van der Waals surface area contributed by atoms with Crippen molar-refractivity contribution in [3.63, 3.8) is 0 Å². The lowest BCUT2D eigenvalue weighted by Gasteiger charge is -2.38. The number of aromatic nitrogens is 1. The molecule has 1 aromatic heterocycles. The highest BCUT2D eigenvalue weighted by molar-refractivity contribution is 5.81. The Bertz CT molecular complexity index is 645. The Labute approximate surface area is 120 Å². The van der Waals surface area contributed by atoms with Crippen molar-refractivity contribution in [2.75, 3.05) is 13.2 Å². The third kappa shape index (κ3) is 2.36. The first-order chi connectivity index (χ1) is 9.60. The highest BCUT2D eigenvalue weighted by Crippen LogP contribution is 2.40. The van der Waals surface area contributed by atoms with Gasteiger partial charge in [-0.1, -0.05) is 38.6 Å². The van der Waals surface area contributed by atoms with Gasteiger partial charge in [-0.25, -0.2) is 0 Å². The topological polar surface area (TPSA) is 22.1 Å². The molecule has 20 heavy (non-hydrogen) atoms. The summed E-state index contributed by atoms with van der Waals surface area (Å²) in [5.74, 6) is 0.472. The molecule has 0 saturated carbocycles. The van der Waals surface area contributed by atoms with Crippen LogP contribution in [-0.2, 0) is 4.74 Å². The van der Waals surface area contributed by atoms with Crippen LogP contribution in [0.3, 0.4) is 0 Å². The van der Waals surface area contributed by atoms with Crippen molar-refractivity contribution in [2.24, 2.45) is 5.41 Å². The monoisotopic (exact) mass is 267 g/mol. The standard InChI is InChI=1S/C18H21NO/c1-4-13-5-7-16-14(11-13)6-8-17(19-16)15-9-10-20-12-18(15,2)3/h4-8,11,15H,1,9-10,12H2,2-3H3. The maximum absolute atomic E-state index is 5.62. The number of rotatable bonds is 2. The van der Waals surface area contributed by atoms with Crippen LogP contribution >= 0.6 is 0 Å². The number of hydrogen-bond acceptors (Lipinski definition) is 2. The minimum absolute atomic E-state index is 0.153. The van der Waals surface area contributed by atoms with E-state index in [2.05, 4.69) is 50.8 Å². The summed E-state index contributed by atoms with van der Waals surface area (Å²) in [5, 5.41) is 1.18. The Morgan fingerprint density at radius 1 is 1.30 bits per heavy atom. The lowest BCUT2D eigenvalue weighted by molar-refractivity contribution is -0.00552. The van der Waals surface area contributed by atoms with Gasteiger partial charge in [0, 0.05) is 23.6 Å². The quantitative estimate of drug-likeness (QED) is 0.804. The number of fused-ring (bicyclic) bond motifs is 1. The van der Waals surface area contributed by atoms with Crippen molar-refractivity contribution in [3.8, 4) is 0 Å². The normalized spacial score (nSPS) is 21.8. The summed E-state index contributed by atoms with van der Waals surface area (Å²) in [4.78, 5) is 4.88. The summed E-state index contributed by atoms with van der Waals surface area (Å²) in [5.41, 5.74) is 3.55. The van der Waals surface area contributed by atoms with Crippen LogP contribution in [0.1, 0.15) is 37.4 Å². The van der Waals surface area contributed by atoms with Gasteiger partial charge in [-0.15, -0.1) is 0 Å². The molecule has 2 heterocycles. The van der Waals surface area contributed by atoms with Gasteiger partial charge in [-0.3, -0.25) is 4.98 Å². The molecule has 1 fully saturated rings. The van der Waals surface area contributed by atoms with Crippen molar-refractivity contribution in [1.29, 1.82) is 0 Å². The van der Waals surface area contributed by atoms with E-state index >= 15 is 0 Å². The fraction of sp³-hybridized carbons (Fsp3) is 0.389. The van der Waals surface area contributed by atoms with Gasteiger partial charge < -0.3 is 4.74 Å². The molecule has 0 radical (unpaired) electrons. The van der Waals surface area contributed by atoms with E-state index < -0.39 is 0 Å².